The van der Waals surface area contributed by atoms with Crippen LogP contribution in [0, 0.1) is 0 Å². The average Bonchev–Trinajstić information content (AvgIpc) is 3.02. The highest BCUT2D eigenvalue weighted by Gasteiger charge is 2.19. The first-order chi connectivity index (χ1) is 10.1. The molecule has 0 radical (unpaired) electrons. The van der Waals surface area contributed by atoms with Gasteiger partial charge in [0.2, 0.25) is 0 Å². The molecule has 1 heterocycles. The zero-order valence-electron chi connectivity index (χ0n) is 11.7. The molecule has 110 valence electrons. The Morgan fingerprint density at radius 3 is 2.48 bits per heavy atom. The van der Waals surface area contributed by atoms with Crippen molar-refractivity contribution >= 4 is 28.9 Å². The van der Waals surface area contributed by atoms with Crippen LogP contribution in [0.15, 0.2) is 41.8 Å². The van der Waals surface area contributed by atoms with E-state index in [9.17, 15) is 9.59 Å². The van der Waals surface area contributed by atoms with Gasteiger partial charge in [0.25, 0.3) is 5.91 Å². The van der Waals surface area contributed by atoms with Gasteiger partial charge in [-0.25, -0.2) is 4.79 Å². The van der Waals surface area contributed by atoms with Crippen molar-refractivity contribution in [2.24, 2.45) is 0 Å². The fourth-order valence-electron chi connectivity index (χ4n) is 1.59. The molecule has 1 aromatic heterocycles. The highest BCUT2D eigenvalue weighted by Crippen LogP contribution is 2.16. The minimum Gasteiger partial charge on any atom is -0.497 e. The largest absolute Gasteiger partial charge is 0.497 e. The summed E-state index contributed by atoms with van der Waals surface area (Å²) in [6.07, 6.45) is -0.873. The van der Waals surface area contributed by atoms with Gasteiger partial charge < -0.3 is 14.8 Å². The Morgan fingerprint density at radius 2 is 1.90 bits per heavy atom. The van der Waals surface area contributed by atoms with Crippen molar-refractivity contribution in [3.8, 4) is 5.75 Å². The second-order valence-electron chi connectivity index (χ2n) is 4.24. The minimum absolute atomic E-state index is 0.384. The molecule has 1 aromatic carbocycles. The summed E-state index contributed by atoms with van der Waals surface area (Å²) in [5, 5.41) is 4.45. The van der Waals surface area contributed by atoms with Crippen molar-refractivity contribution in [2.45, 2.75) is 13.0 Å². The molecule has 0 aliphatic carbocycles. The van der Waals surface area contributed by atoms with Crippen LogP contribution >= 0.6 is 11.3 Å². The van der Waals surface area contributed by atoms with E-state index in [2.05, 4.69) is 5.32 Å². The summed E-state index contributed by atoms with van der Waals surface area (Å²) in [7, 11) is 1.57. The lowest BCUT2D eigenvalue weighted by Crippen LogP contribution is -2.29. The zero-order chi connectivity index (χ0) is 15.2. The molecule has 0 aliphatic heterocycles. The molecule has 0 saturated carbocycles. The van der Waals surface area contributed by atoms with Crippen LogP contribution in [0.3, 0.4) is 0 Å². The fraction of sp³-hybridized carbons (Fsp3) is 0.200. The molecular formula is C15H15NO4S. The molecule has 6 heteroatoms. The quantitative estimate of drug-likeness (QED) is 0.863. The maximum atomic E-state index is 12.0. The summed E-state index contributed by atoms with van der Waals surface area (Å²) in [6.45, 7) is 1.53. The summed E-state index contributed by atoms with van der Waals surface area (Å²) in [4.78, 5) is 24.2. The van der Waals surface area contributed by atoms with Gasteiger partial charge in [0.05, 0.1) is 7.11 Å². The van der Waals surface area contributed by atoms with Crippen LogP contribution in [0.4, 0.5) is 5.69 Å². The monoisotopic (exact) mass is 305 g/mol. The van der Waals surface area contributed by atoms with Gasteiger partial charge in [0, 0.05) is 5.69 Å². The highest BCUT2D eigenvalue weighted by atomic mass is 32.1. The molecule has 2 aromatic rings. The molecule has 2 rings (SSSR count). The number of carbonyl (C=O) groups excluding carboxylic acids is 2. The summed E-state index contributed by atoms with van der Waals surface area (Å²) in [5.74, 6) is -0.183. The third-order valence-electron chi connectivity index (χ3n) is 2.73. The Balaban J connectivity index is 1.91. The van der Waals surface area contributed by atoms with Crippen LogP contribution in [-0.4, -0.2) is 25.1 Å². The Hall–Kier alpha value is -2.34. The SMILES string of the molecule is COc1ccc(NC(=O)[C@@H](C)OC(=O)c2cccs2)cc1. The van der Waals surface area contributed by atoms with Crippen molar-refractivity contribution in [1.29, 1.82) is 0 Å². The third kappa shape index (κ3) is 4.06. The van der Waals surface area contributed by atoms with E-state index >= 15 is 0 Å². The van der Waals surface area contributed by atoms with E-state index in [1.807, 2.05) is 0 Å². The van der Waals surface area contributed by atoms with E-state index in [0.29, 0.717) is 16.3 Å². The Morgan fingerprint density at radius 1 is 1.19 bits per heavy atom. The second kappa shape index (κ2) is 6.90. The van der Waals surface area contributed by atoms with Gasteiger partial charge >= 0.3 is 5.97 Å². The average molecular weight is 305 g/mol. The summed E-state index contributed by atoms with van der Waals surface area (Å²) < 4.78 is 10.1. The van der Waals surface area contributed by atoms with Crippen molar-refractivity contribution < 1.29 is 19.1 Å². The zero-order valence-corrected chi connectivity index (χ0v) is 12.5. The minimum atomic E-state index is -0.873. The van der Waals surface area contributed by atoms with E-state index in [4.69, 9.17) is 9.47 Å². The number of esters is 1. The van der Waals surface area contributed by atoms with E-state index in [0.717, 1.165) is 0 Å². The molecule has 1 atom stereocenters. The number of carbonyl (C=O) groups is 2. The van der Waals surface area contributed by atoms with Crippen LogP contribution in [0.2, 0.25) is 0 Å². The molecule has 0 spiro atoms. The summed E-state index contributed by atoms with van der Waals surface area (Å²) in [5.41, 5.74) is 0.611. The van der Waals surface area contributed by atoms with E-state index in [-0.39, 0.29) is 5.91 Å². The van der Waals surface area contributed by atoms with Crippen LogP contribution in [0.1, 0.15) is 16.6 Å². The number of anilines is 1. The van der Waals surface area contributed by atoms with Crippen LogP contribution in [-0.2, 0) is 9.53 Å². The predicted molar refractivity (Wildman–Crippen MR) is 80.8 cm³/mol. The Kier molecular flexibility index (Phi) is 4.94. The Bertz CT molecular complexity index is 607. The van der Waals surface area contributed by atoms with Crippen molar-refractivity contribution in [3.63, 3.8) is 0 Å². The van der Waals surface area contributed by atoms with Gasteiger partial charge in [0.15, 0.2) is 6.10 Å². The van der Waals surface area contributed by atoms with Crippen molar-refractivity contribution in [1.82, 2.24) is 0 Å². The van der Waals surface area contributed by atoms with Crippen molar-refractivity contribution in [3.05, 3.63) is 46.7 Å². The molecule has 21 heavy (non-hydrogen) atoms. The molecule has 0 saturated heterocycles. The van der Waals surface area contributed by atoms with E-state index in [1.165, 1.54) is 18.3 Å². The predicted octanol–water partition coefficient (Wildman–Crippen LogP) is 2.94. The topological polar surface area (TPSA) is 64.6 Å². The van der Waals surface area contributed by atoms with Gasteiger partial charge in [-0.15, -0.1) is 11.3 Å². The third-order valence-corrected chi connectivity index (χ3v) is 3.58. The van der Waals surface area contributed by atoms with E-state index < -0.39 is 12.1 Å². The molecule has 0 unspecified atom stereocenters. The van der Waals surface area contributed by atoms with Crippen LogP contribution < -0.4 is 10.1 Å². The lowest BCUT2D eigenvalue weighted by Gasteiger charge is -2.13. The van der Waals surface area contributed by atoms with Crippen LogP contribution in [0.5, 0.6) is 5.75 Å². The van der Waals surface area contributed by atoms with E-state index in [1.54, 1.807) is 48.9 Å². The molecule has 1 N–H and O–H groups in total. The highest BCUT2D eigenvalue weighted by molar-refractivity contribution is 7.11. The lowest BCUT2D eigenvalue weighted by molar-refractivity contribution is -0.123. The first kappa shape index (κ1) is 15.1. The maximum Gasteiger partial charge on any atom is 0.349 e. The number of hydrogen-bond acceptors (Lipinski definition) is 5. The summed E-state index contributed by atoms with van der Waals surface area (Å²) in [6, 6.07) is 10.3. The number of nitrogens with one attached hydrogen (secondary N) is 1. The first-order valence-electron chi connectivity index (χ1n) is 6.29. The second-order valence-corrected chi connectivity index (χ2v) is 5.19. The normalized spacial score (nSPS) is 11.5. The molecule has 0 bridgehead atoms. The smallest absolute Gasteiger partial charge is 0.349 e. The lowest BCUT2D eigenvalue weighted by atomic mass is 10.3. The van der Waals surface area contributed by atoms with Gasteiger partial charge in [-0.1, -0.05) is 6.07 Å². The van der Waals surface area contributed by atoms with Crippen LogP contribution in [0.25, 0.3) is 0 Å². The molecule has 1 amide bonds. The Labute approximate surface area is 126 Å². The standard InChI is InChI=1S/C15H15NO4S/c1-10(20-15(18)13-4-3-9-21-13)14(17)16-11-5-7-12(19-2)8-6-11/h3-10H,1-2H3,(H,16,17)/t10-/m1/s1. The molecule has 5 nitrogen and oxygen atoms in total. The number of methoxy groups -OCH3 is 1. The number of rotatable bonds is 5. The number of ether oxygens (including phenoxy) is 2. The number of hydrogen-bond donors (Lipinski definition) is 1. The van der Waals surface area contributed by atoms with Crippen molar-refractivity contribution in [2.75, 3.05) is 12.4 Å². The number of amides is 1. The maximum absolute atomic E-state index is 12.0. The summed E-state index contributed by atoms with van der Waals surface area (Å²) >= 11 is 1.27. The van der Waals surface area contributed by atoms with Gasteiger partial charge in [-0.05, 0) is 42.6 Å². The number of benzene rings is 1. The fourth-order valence-corrected chi connectivity index (χ4v) is 2.19. The number of thiophene rings is 1. The molecule has 0 aliphatic rings. The molecular weight excluding hydrogens is 290 g/mol. The molecule has 0 fully saturated rings. The van der Waals surface area contributed by atoms with Gasteiger partial charge in [0.1, 0.15) is 10.6 Å². The first-order valence-corrected chi connectivity index (χ1v) is 7.17. The van der Waals surface area contributed by atoms with Gasteiger partial charge in [-0.3, -0.25) is 4.79 Å². The van der Waals surface area contributed by atoms with Gasteiger partial charge in [-0.2, -0.15) is 0 Å².